The molecule has 0 bridgehead atoms. The zero-order valence-electron chi connectivity index (χ0n) is 20.2. The largest absolute Gasteiger partial charge is 0.497 e. The van der Waals surface area contributed by atoms with Crippen molar-refractivity contribution in [3.05, 3.63) is 70.9 Å². The van der Waals surface area contributed by atoms with Gasteiger partial charge in [0.1, 0.15) is 18.0 Å². The number of hydrogen-bond donors (Lipinski definition) is 1. The summed E-state index contributed by atoms with van der Waals surface area (Å²) in [5.41, 5.74) is 2.62. The molecule has 190 valence electrons. The molecular weight excluding hydrogens is 475 g/mol. The number of ether oxygens (including phenoxy) is 3. The molecule has 0 unspecified atom stereocenters. The highest BCUT2D eigenvalue weighted by atomic mass is 19.4. The van der Waals surface area contributed by atoms with Gasteiger partial charge in [0.2, 0.25) is 0 Å². The minimum atomic E-state index is -4.64. The summed E-state index contributed by atoms with van der Waals surface area (Å²) >= 11 is 0. The molecule has 4 rings (SSSR count). The van der Waals surface area contributed by atoms with E-state index >= 15 is 0 Å². The molecule has 36 heavy (non-hydrogen) atoms. The molecule has 1 heterocycles. The summed E-state index contributed by atoms with van der Waals surface area (Å²) in [5.74, 6) is 0.521. The van der Waals surface area contributed by atoms with Crippen molar-refractivity contribution in [2.75, 3.05) is 38.2 Å². The van der Waals surface area contributed by atoms with Crippen molar-refractivity contribution in [3.63, 3.8) is 0 Å². The van der Waals surface area contributed by atoms with Crippen LogP contribution in [0.3, 0.4) is 0 Å². The molecule has 2 aliphatic rings. The van der Waals surface area contributed by atoms with Gasteiger partial charge in [-0.15, -0.1) is 0 Å². The Morgan fingerprint density at radius 2 is 1.72 bits per heavy atom. The number of rotatable bonds is 7. The van der Waals surface area contributed by atoms with Crippen LogP contribution in [0.15, 0.2) is 64.9 Å². The van der Waals surface area contributed by atoms with Gasteiger partial charge in [0.25, 0.3) is 0 Å². The number of hydrazone groups is 1. The van der Waals surface area contributed by atoms with E-state index in [4.69, 9.17) is 9.47 Å². The number of esters is 1. The number of anilines is 2. The Bertz CT molecular complexity index is 1250. The van der Waals surface area contributed by atoms with E-state index in [0.29, 0.717) is 40.6 Å². The zero-order chi connectivity index (χ0) is 26.0. The second kappa shape index (κ2) is 9.96. The molecule has 7 nitrogen and oxygen atoms in total. The number of methoxy groups -OCH3 is 3. The van der Waals surface area contributed by atoms with Crippen LogP contribution in [0.25, 0.3) is 0 Å². The summed E-state index contributed by atoms with van der Waals surface area (Å²) in [7, 11) is 4.28. The van der Waals surface area contributed by atoms with Crippen LogP contribution in [0.2, 0.25) is 0 Å². The van der Waals surface area contributed by atoms with E-state index in [1.165, 1.54) is 38.5 Å². The van der Waals surface area contributed by atoms with Crippen molar-refractivity contribution in [1.82, 2.24) is 0 Å². The fourth-order valence-corrected chi connectivity index (χ4v) is 4.35. The maximum atomic E-state index is 14.1. The van der Waals surface area contributed by atoms with Crippen LogP contribution < -0.4 is 19.8 Å². The minimum Gasteiger partial charge on any atom is -0.497 e. The van der Waals surface area contributed by atoms with Crippen LogP contribution >= 0.6 is 0 Å². The van der Waals surface area contributed by atoms with Crippen LogP contribution in [0, 0.1) is 0 Å². The number of nitrogens with one attached hydrogen (secondary N) is 1. The Morgan fingerprint density at radius 3 is 2.33 bits per heavy atom. The Hall–Kier alpha value is -3.95. The van der Waals surface area contributed by atoms with Crippen molar-refractivity contribution >= 4 is 23.1 Å². The van der Waals surface area contributed by atoms with Crippen LogP contribution in [-0.2, 0) is 15.7 Å². The highest BCUT2D eigenvalue weighted by Gasteiger charge is 2.38. The first kappa shape index (κ1) is 25.2. The van der Waals surface area contributed by atoms with E-state index < -0.39 is 17.7 Å². The Kier molecular flexibility index (Phi) is 6.96. The van der Waals surface area contributed by atoms with Crippen molar-refractivity contribution in [2.24, 2.45) is 5.10 Å². The topological polar surface area (TPSA) is 72.4 Å². The number of allylic oxidation sites excluding steroid dienone is 2. The molecule has 0 radical (unpaired) electrons. The standard InChI is InChI=1S/C26H26F3N3O4/c1-15-20-6-5-7-21(20)25(16-10-18(34-2)13-19(11-16)35-3)31-32(15)23-12-17(30-14-24(33)36-4)8-9-22(23)26(27,28)29/h8-13,30H,1,5-7,14H2,2-4H3. The lowest BCUT2D eigenvalue weighted by molar-refractivity contribution is -0.139. The average molecular weight is 502 g/mol. The van der Waals surface area contributed by atoms with E-state index in [-0.39, 0.29) is 12.2 Å². The maximum absolute atomic E-state index is 14.1. The first-order chi connectivity index (χ1) is 17.2. The third-order valence-corrected chi connectivity index (χ3v) is 6.13. The SMILES string of the molecule is C=C1C2=C(CCC2)C(c2cc(OC)cc(OC)c2)=NN1c1cc(NCC(=O)OC)ccc1C(F)(F)F. The van der Waals surface area contributed by atoms with Gasteiger partial charge >= 0.3 is 12.1 Å². The van der Waals surface area contributed by atoms with Crippen molar-refractivity contribution in [2.45, 2.75) is 25.4 Å². The molecule has 0 saturated heterocycles. The molecule has 10 heteroatoms. The summed E-state index contributed by atoms with van der Waals surface area (Å²) in [6.45, 7) is 3.90. The van der Waals surface area contributed by atoms with E-state index in [9.17, 15) is 18.0 Å². The molecule has 0 spiro atoms. The molecule has 2 aromatic rings. The highest BCUT2D eigenvalue weighted by Crippen LogP contribution is 2.45. The summed E-state index contributed by atoms with van der Waals surface area (Å²) in [4.78, 5) is 11.5. The summed E-state index contributed by atoms with van der Waals surface area (Å²) in [5, 5.41) is 8.72. The van der Waals surface area contributed by atoms with Crippen molar-refractivity contribution in [3.8, 4) is 11.5 Å². The van der Waals surface area contributed by atoms with E-state index in [0.717, 1.165) is 30.1 Å². The molecule has 0 aromatic heterocycles. The summed E-state index contributed by atoms with van der Waals surface area (Å²) in [6.07, 6.45) is -2.40. The summed E-state index contributed by atoms with van der Waals surface area (Å²) in [6, 6.07) is 8.80. The van der Waals surface area contributed by atoms with Gasteiger partial charge in [0.15, 0.2) is 0 Å². The third kappa shape index (κ3) is 4.89. The van der Waals surface area contributed by atoms with Gasteiger partial charge < -0.3 is 19.5 Å². The van der Waals surface area contributed by atoms with Crippen molar-refractivity contribution in [1.29, 1.82) is 0 Å². The molecule has 0 saturated carbocycles. The normalized spacial score (nSPS) is 15.4. The Labute approximate surface area is 206 Å². The van der Waals surface area contributed by atoms with Crippen LogP contribution in [0.1, 0.15) is 30.4 Å². The van der Waals surface area contributed by atoms with E-state index in [2.05, 4.69) is 21.7 Å². The lowest BCUT2D eigenvalue weighted by atomic mass is 9.95. The number of benzene rings is 2. The molecule has 0 fully saturated rings. The second-order valence-electron chi connectivity index (χ2n) is 8.28. The lowest BCUT2D eigenvalue weighted by Crippen LogP contribution is -2.27. The number of hydrogen-bond acceptors (Lipinski definition) is 7. The fraction of sp³-hybridized carbons (Fsp3) is 0.308. The van der Waals surface area contributed by atoms with Gasteiger partial charge in [-0.3, -0.25) is 4.79 Å². The van der Waals surface area contributed by atoms with Crippen LogP contribution in [0.5, 0.6) is 11.5 Å². The van der Waals surface area contributed by atoms with Crippen LogP contribution in [0.4, 0.5) is 24.5 Å². The monoisotopic (exact) mass is 501 g/mol. The van der Waals surface area contributed by atoms with Gasteiger partial charge in [0.05, 0.1) is 44.0 Å². The predicted octanol–water partition coefficient (Wildman–Crippen LogP) is 5.53. The van der Waals surface area contributed by atoms with Crippen molar-refractivity contribution < 1.29 is 32.2 Å². The summed E-state index contributed by atoms with van der Waals surface area (Å²) < 4.78 is 57.6. The number of carbonyl (C=O) groups excluding carboxylic acids is 1. The number of nitrogens with zero attached hydrogens (tertiary/aromatic N) is 2. The first-order valence-electron chi connectivity index (χ1n) is 11.2. The van der Waals surface area contributed by atoms with E-state index in [1.807, 2.05) is 0 Å². The van der Waals surface area contributed by atoms with Gasteiger partial charge in [-0.25, -0.2) is 5.01 Å². The molecular formula is C26H26F3N3O4. The van der Waals surface area contributed by atoms with E-state index in [1.54, 1.807) is 18.2 Å². The van der Waals surface area contributed by atoms with Gasteiger partial charge in [-0.1, -0.05) is 6.58 Å². The molecule has 1 aliphatic heterocycles. The maximum Gasteiger partial charge on any atom is 0.418 e. The third-order valence-electron chi connectivity index (χ3n) is 6.13. The lowest BCUT2D eigenvalue weighted by Gasteiger charge is -2.31. The molecule has 0 atom stereocenters. The zero-order valence-corrected chi connectivity index (χ0v) is 20.2. The molecule has 2 aromatic carbocycles. The Balaban J connectivity index is 1.86. The molecule has 0 amide bonds. The molecule has 1 N–H and O–H groups in total. The van der Waals surface area contributed by atoms with Gasteiger partial charge in [-0.2, -0.15) is 18.3 Å². The smallest absolute Gasteiger partial charge is 0.418 e. The fourth-order valence-electron chi connectivity index (χ4n) is 4.35. The van der Waals surface area contributed by atoms with Crippen LogP contribution in [-0.4, -0.2) is 39.6 Å². The average Bonchev–Trinajstić information content (AvgIpc) is 3.37. The molecule has 1 aliphatic carbocycles. The first-order valence-corrected chi connectivity index (χ1v) is 11.2. The Morgan fingerprint density at radius 1 is 1.06 bits per heavy atom. The minimum absolute atomic E-state index is 0.199. The number of alkyl halides is 3. The van der Waals surface area contributed by atoms with Gasteiger partial charge in [0, 0.05) is 17.3 Å². The predicted molar refractivity (Wildman–Crippen MR) is 131 cm³/mol. The van der Waals surface area contributed by atoms with Gasteiger partial charge in [-0.05, 0) is 60.7 Å². The number of halogens is 3. The quantitative estimate of drug-likeness (QED) is 0.504. The second-order valence-corrected chi connectivity index (χ2v) is 8.28. The number of carbonyl (C=O) groups is 1. The highest BCUT2D eigenvalue weighted by molar-refractivity contribution is 6.15.